The Morgan fingerprint density at radius 3 is 2.94 bits per heavy atom. The molecule has 4 nitrogen and oxygen atoms in total. The maximum atomic E-state index is 9.28. The van der Waals surface area contributed by atoms with Crippen LogP contribution in [0.2, 0.25) is 0 Å². The summed E-state index contributed by atoms with van der Waals surface area (Å²) in [6.45, 7) is 1.94. The van der Waals surface area contributed by atoms with Gasteiger partial charge in [0.05, 0.1) is 11.3 Å². The fourth-order valence-electron chi connectivity index (χ4n) is 2.52. The van der Waals surface area contributed by atoms with Crippen molar-refractivity contribution in [3.8, 4) is 11.9 Å². The first-order valence-electron chi connectivity index (χ1n) is 6.22. The summed E-state index contributed by atoms with van der Waals surface area (Å²) in [5, 5.41) is 9.28. The molecule has 18 heavy (non-hydrogen) atoms. The molecule has 0 saturated heterocycles. The van der Waals surface area contributed by atoms with Gasteiger partial charge in [0.1, 0.15) is 12.4 Å². The van der Waals surface area contributed by atoms with Crippen LogP contribution in [-0.4, -0.2) is 14.5 Å². The third-order valence-electron chi connectivity index (χ3n) is 3.51. The maximum Gasteiger partial charge on any atom is 0.156 e. The molecule has 0 unspecified atom stereocenters. The third kappa shape index (κ3) is 1.60. The first-order chi connectivity index (χ1) is 8.81. The molecule has 2 aromatic rings. The minimum Gasteiger partial charge on any atom is -0.286 e. The van der Waals surface area contributed by atoms with Gasteiger partial charge in [-0.2, -0.15) is 5.26 Å². The normalized spacial score (nSPS) is 14.0. The average Bonchev–Trinajstić information content (AvgIpc) is 2.82. The number of nitriles is 1. The van der Waals surface area contributed by atoms with Crippen molar-refractivity contribution in [1.29, 1.82) is 5.26 Å². The number of rotatable bonds is 1. The van der Waals surface area contributed by atoms with Crippen LogP contribution in [0.4, 0.5) is 0 Å². The molecule has 0 fully saturated rings. The van der Waals surface area contributed by atoms with E-state index in [1.165, 1.54) is 18.5 Å². The van der Waals surface area contributed by atoms with Crippen LogP contribution in [-0.2, 0) is 12.8 Å². The molecule has 3 rings (SSSR count). The van der Waals surface area contributed by atoms with Crippen LogP contribution in [0.3, 0.4) is 0 Å². The second-order valence-electron chi connectivity index (χ2n) is 4.65. The molecule has 0 amide bonds. The van der Waals surface area contributed by atoms with Crippen molar-refractivity contribution in [3.05, 3.63) is 41.1 Å². The van der Waals surface area contributed by atoms with E-state index in [0.717, 1.165) is 24.1 Å². The second kappa shape index (κ2) is 4.26. The Hall–Kier alpha value is -2.15. The van der Waals surface area contributed by atoms with Crippen LogP contribution in [0.1, 0.15) is 35.4 Å². The highest BCUT2D eigenvalue weighted by Crippen LogP contribution is 2.24. The highest BCUT2D eigenvalue weighted by atomic mass is 15.1. The lowest BCUT2D eigenvalue weighted by Gasteiger charge is -2.14. The minimum atomic E-state index is 0.642. The Balaban J connectivity index is 2.19. The molecular formula is C14H14N4. The standard InChI is InChI=1S/C14H14N4/c1-10-6-7-16-14(11(10)8-15)18-9-17-12-4-2-3-5-13(12)18/h6-7,9H,2-5H2,1H3. The molecule has 0 N–H and O–H groups in total. The minimum absolute atomic E-state index is 0.642. The van der Waals surface area contributed by atoms with E-state index >= 15 is 0 Å². The van der Waals surface area contributed by atoms with E-state index in [1.807, 2.05) is 17.6 Å². The van der Waals surface area contributed by atoms with Crippen molar-refractivity contribution in [2.24, 2.45) is 0 Å². The monoisotopic (exact) mass is 238 g/mol. The van der Waals surface area contributed by atoms with Crippen LogP contribution < -0.4 is 0 Å². The summed E-state index contributed by atoms with van der Waals surface area (Å²) in [6.07, 6.45) is 8.01. The van der Waals surface area contributed by atoms with Gasteiger partial charge in [0, 0.05) is 11.9 Å². The van der Waals surface area contributed by atoms with Gasteiger partial charge in [-0.25, -0.2) is 9.97 Å². The molecule has 0 aliphatic heterocycles. The molecule has 1 aliphatic carbocycles. The molecule has 2 heterocycles. The Labute approximate surface area is 106 Å². The summed E-state index contributed by atoms with van der Waals surface area (Å²) in [4.78, 5) is 8.81. The smallest absolute Gasteiger partial charge is 0.156 e. The Bertz CT molecular complexity index is 634. The zero-order valence-corrected chi connectivity index (χ0v) is 10.3. The fourth-order valence-corrected chi connectivity index (χ4v) is 2.52. The fraction of sp³-hybridized carbons (Fsp3) is 0.357. The third-order valence-corrected chi connectivity index (χ3v) is 3.51. The van der Waals surface area contributed by atoms with E-state index in [1.54, 1.807) is 12.5 Å². The molecule has 2 aromatic heterocycles. The van der Waals surface area contributed by atoms with E-state index in [2.05, 4.69) is 16.0 Å². The molecule has 0 radical (unpaired) electrons. The van der Waals surface area contributed by atoms with Gasteiger partial charge in [0.25, 0.3) is 0 Å². The molecule has 90 valence electrons. The lowest BCUT2D eigenvalue weighted by molar-refractivity contribution is 0.654. The lowest BCUT2D eigenvalue weighted by atomic mass is 10.0. The number of hydrogen-bond acceptors (Lipinski definition) is 3. The summed E-state index contributed by atoms with van der Waals surface area (Å²) in [6, 6.07) is 4.11. The van der Waals surface area contributed by atoms with Gasteiger partial charge in [-0.3, -0.25) is 4.57 Å². The highest BCUT2D eigenvalue weighted by molar-refractivity contribution is 5.49. The predicted molar refractivity (Wildman–Crippen MR) is 67.5 cm³/mol. The van der Waals surface area contributed by atoms with Gasteiger partial charge in [-0.15, -0.1) is 0 Å². The van der Waals surface area contributed by atoms with Gasteiger partial charge < -0.3 is 0 Å². The van der Waals surface area contributed by atoms with Crippen molar-refractivity contribution in [1.82, 2.24) is 14.5 Å². The first kappa shape index (κ1) is 11.0. The summed E-state index contributed by atoms with van der Waals surface area (Å²) < 4.78 is 1.99. The van der Waals surface area contributed by atoms with Gasteiger partial charge in [-0.1, -0.05) is 0 Å². The molecular weight excluding hydrogens is 224 g/mol. The molecule has 0 saturated carbocycles. The van der Waals surface area contributed by atoms with Crippen LogP contribution in [0.15, 0.2) is 18.6 Å². The largest absolute Gasteiger partial charge is 0.286 e. The maximum absolute atomic E-state index is 9.28. The van der Waals surface area contributed by atoms with Gasteiger partial charge >= 0.3 is 0 Å². The number of nitrogens with zero attached hydrogens (tertiary/aromatic N) is 4. The van der Waals surface area contributed by atoms with Crippen LogP contribution >= 0.6 is 0 Å². The van der Waals surface area contributed by atoms with Crippen molar-refractivity contribution < 1.29 is 0 Å². The first-order valence-corrected chi connectivity index (χ1v) is 6.22. The topological polar surface area (TPSA) is 54.5 Å². The van der Waals surface area contributed by atoms with E-state index in [4.69, 9.17) is 0 Å². The number of pyridine rings is 1. The van der Waals surface area contributed by atoms with Crippen molar-refractivity contribution in [2.75, 3.05) is 0 Å². The van der Waals surface area contributed by atoms with E-state index in [0.29, 0.717) is 11.4 Å². The molecule has 0 spiro atoms. The Kier molecular flexibility index (Phi) is 2.60. The van der Waals surface area contributed by atoms with Crippen LogP contribution in [0.5, 0.6) is 0 Å². The van der Waals surface area contributed by atoms with Gasteiger partial charge in [0.15, 0.2) is 5.82 Å². The Morgan fingerprint density at radius 2 is 2.11 bits per heavy atom. The van der Waals surface area contributed by atoms with Crippen molar-refractivity contribution in [2.45, 2.75) is 32.6 Å². The Morgan fingerprint density at radius 1 is 1.28 bits per heavy atom. The van der Waals surface area contributed by atoms with Crippen molar-refractivity contribution >= 4 is 0 Å². The zero-order chi connectivity index (χ0) is 12.5. The number of aromatic nitrogens is 3. The van der Waals surface area contributed by atoms with Crippen LogP contribution in [0, 0.1) is 18.3 Å². The number of fused-ring (bicyclic) bond motifs is 1. The molecule has 0 aromatic carbocycles. The summed E-state index contributed by atoms with van der Waals surface area (Å²) in [5.41, 5.74) is 3.98. The SMILES string of the molecule is Cc1ccnc(-n2cnc3c2CCCC3)c1C#N. The van der Waals surface area contributed by atoms with Gasteiger partial charge in [-0.05, 0) is 44.2 Å². The summed E-state index contributed by atoms with van der Waals surface area (Å²) in [7, 11) is 0. The number of hydrogen-bond donors (Lipinski definition) is 0. The number of imidazole rings is 1. The van der Waals surface area contributed by atoms with E-state index < -0.39 is 0 Å². The molecule has 0 atom stereocenters. The molecule has 4 heteroatoms. The highest BCUT2D eigenvalue weighted by Gasteiger charge is 2.18. The van der Waals surface area contributed by atoms with E-state index in [9.17, 15) is 5.26 Å². The quantitative estimate of drug-likeness (QED) is 0.766. The molecule has 1 aliphatic rings. The van der Waals surface area contributed by atoms with Crippen molar-refractivity contribution in [3.63, 3.8) is 0 Å². The average molecular weight is 238 g/mol. The molecule has 0 bridgehead atoms. The van der Waals surface area contributed by atoms with Crippen LogP contribution in [0.25, 0.3) is 5.82 Å². The summed E-state index contributed by atoms with van der Waals surface area (Å²) in [5.74, 6) is 0.716. The predicted octanol–water partition coefficient (Wildman–Crippen LogP) is 2.33. The second-order valence-corrected chi connectivity index (χ2v) is 4.65. The number of aryl methyl sites for hydroxylation is 2. The summed E-state index contributed by atoms with van der Waals surface area (Å²) >= 11 is 0. The van der Waals surface area contributed by atoms with Gasteiger partial charge in [0.2, 0.25) is 0 Å². The lowest BCUT2D eigenvalue weighted by Crippen LogP contribution is -2.09. The zero-order valence-electron chi connectivity index (χ0n) is 10.3. The van der Waals surface area contributed by atoms with E-state index in [-0.39, 0.29) is 0 Å².